The van der Waals surface area contributed by atoms with Crippen LogP contribution in [0.3, 0.4) is 0 Å². The van der Waals surface area contributed by atoms with E-state index in [2.05, 4.69) is 0 Å². The quantitative estimate of drug-likeness (QED) is 0.125. The first-order chi connectivity index (χ1) is 22.4. The molecule has 12 heteroatoms. The summed E-state index contributed by atoms with van der Waals surface area (Å²) in [5, 5.41) is 0. The fourth-order valence-electron chi connectivity index (χ4n) is 8.45. The minimum Gasteiger partial charge on any atom is -0.465 e. The standard InChI is InChI=1S/C34H46O12/c35-31(39-13-17-1-5-21-25(9-17)43-21)29(32(36)40-14-18-2-6-22-26(10-18)44-22)30(33(37)41-15-19-3-7-23-27(11-19)45-23)34(38)42-16-20-4-8-24-28(12-20)46-24/h17-30H,1-16H2. The van der Waals surface area contributed by atoms with Gasteiger partial charge in [0.1, 0.15) is 0 Å². The molecule has 12 unspecified atom stereocenters. The SMILES string of the molecule is O=C(OCC1CCC2OC2C1)C(C(=O)OCC1CCC2OC2C1)C(C(=O)OCC1CCC2OC2C1)C(=O)OCC1CCC2OC2C1. The number of carbonyl (C=O) groups is 4. The van der Waals surface area contributed by atoms with Crippen molar-refractivity contribution in [1.82, 2.24) is 0 Å². The van der Waals surface area contributed by atoms with Crippen LogP contribution in [0, 0.1) is 35.5 Å². The third-order valence-electron chi connectivity index (χ3n) is 11.6. The molecule has 4 saturated carbocycles. The number of hydrogen-bond acceptors (Lipinski definition) is 12. The van der Waals surface area contributed by atoms with Crippen LogP contribution in [0.25, 0.3) is 0 Å². The molecule has 0 amide bonds. The van der Waals surface area contributed by atoms with Gasteiger partial charge in [-0.1, -0.05) is 0 Å². The summed E-state index contributed by atoms with van der Waals surface area (Å²) in [7, 11) is 0. The Bertz CT molecular complexity index is 1010. The second-order valence-electron chi connectivity index (χ2n) is 15.0. The highest BCUT2D eigenvalue weighted by Crippen LogP contribution is 2.42. The third kappa shape index (κ3) is 7.24. The fourth-order valence-corrected chi connectivity index (χ4v) is 8.45. The number of hydrogen-bond donors (Lipinski definition) is 0. The van der Waals surface area contributed by atoms with E-state index in [0.717, 1.165) is 77.0 Å². The average molecular weight is 647 g/mol. The van der Waals surface area contributed by atoms with Gasteiger partial charge in [-0.25, -0.2) is 0 Å². The number of fused-ring (bicyclic) bond motifs is 4. The summed E-state index contributed by atoms with van der Waals surface area (Å²) < 4.78 is 45.2. The number of rotatable bonds is 13. The largest absolute Gasteiger partial charge is 0.465 e. The first kappa shape index (κ1) is 31.0. The van der Waals surface area contributed by atoms with E-state index in [9.17, 15) is 19.2 Å². The molecule has 4 heterocycles. The molecule has 4 aliphatic carbocycles. The van der Waals surface area contributed by atoms with E-state index in [0.29, 0.717) is 24.4 Å². The third-order valence-corrected chi connectivity index (χ3v) is 11.6. The predicted molar refractivity (Wildman–Crippen MR) is 155 cm³/mol. The van der Waals surface area contributed by atoms with Crippen LogP contribution < -0.4 is 0 Å². The lowest BCUT2D eigenvalue weighted by molar-refractivity contribution is -0.181. The molecule has 46 heavy (non-hydrogen) atoms. The van der Waals surface area contributed by atoms with E-state index < -0.39 is 35.7 Å². The predicted octanol–water partition coefficient (Wildman–Crippen LogP) is 2.66. The van der Waals surface area contributed by atoms with E-state index in [1.54, 1.807) is 0 Å². The first-order valence-corrected chi connectivity index (χ1v) is 17.7. The Morgan fingerprint density at radius 1 is 0.391 bits per heavy atom. The lowest BCUT2D eigenvalue weighted by Gasteiger charge is -2.27. The van der Waals surface area contributed by atoms with Crippen LogP contribution in [0.5, 0.6) is 0 Å². The maximum atomic E-state index is 13.8. The monoisotopic (exact) mass is 646 g/mol. The molecule has 0 aromatic heterocycles. The molecule has 0 spiro atoms. The van der Waals surface area contributed by atoms with E-state index in [1.807, 2.05) is 0 Å². The molecule has 254 valence electrons. The van der Waals surface area contributed by atoms with Gasteiger partial charge in [0.25, 0.3) is 0 Å². The minimum atomic E-state index is -1.83. The highest BCUT2D eigenvalue weighted by atomic mass is 16.6. The van der Waals surface area contributed by atoms with Crippen LogP contribution in [0.4, 0.5) is 0 Å². The zero-order valence-electron chi connectivity index (χ0n) is 26.3. The average Bonchev–Trinajstić information content (AvgIpc) is 3.88. The highest BCUT2D eigenvalue weighted by Gasteiger charge is 2.52. The second-order valence-corrected chi connectivity index (χ2v) is 15.0. The molecule has 0 aromatic rings. The summed E-state index contributed by atoms with van der Waals surface area (Å²) in [4.78, 5) is 55.1. The van der Waals surface area contributed by atoms with Crippen molar-refractivity contribution in [3.8, 4) is 0 Å². The van der Waals surface area contributed by atoms with Crippen molar-refractivity contribution in [3.63, 3.8) is 0 Å². The molecular formula is C34H46O12. The summed E-state index contributed by atoms with van der Waals surface area (Å²) >= 11 is 0. The summed E-state index contributed by atoms with van der Waals surface area (Å²) in [5.41, 5.74) is 0. The van der Waals surface area contributed by atoms with Crippen molar-refractivity contribution in [2.24, 2.45) is 35.5 Å². The molecule has 12 nitrogen and oxygen atoms in total. The van der Waals surface area contributed by atoms with Gasteiger partial charge >= 0.3 is 23.9 Å². The summed E-state index contributed by atoms with van der Waals surface area (Å²) in [6.45, 7) is 0.295. The van der Waals surface area contributed by atoms with Crippen LogP contribution in [-0.4, -0.2) is 99.1 Å². The van der Waals surface area contributed by atoms with Crippen LogP contribution >= 0.6 is 0 Å². The molecule has 8 fully saturated rings. The summed E-state index contributed by atoms with van der Waals surface area (Å²) in [6.07, 6.45) is 11.9. The van der Waals surface area contributed by atoms with Gasteiger partial charge < -0.3 is 37.9 Å². The summed E-state index contributed by atoms with van der Waals surface area (Å²) in [6, 6.07) is 0. The lowest BCUT2D eigenvalue weighted by Crippen LogP contribution is -2.45. The lowest BCUT2D eigenvalue weighted by atomic mass is 9.88. The van der Waals surface area contributed by atoms with E-state index >= 15 is 0 Å². The van der Waals surface area contributed by atoms with Gasteiger partial charge in [-0.15, -0.1) is 0 Å². The first-order valence-electron chi connectivity index (χ1n) is 17.7. The van der Waals surface area contributed by atoms with Gasteiger partial charge in [0.2, 0.25) is 0 Å². The minimum absolute atomic E-state index is 0.0737. The Labute approximate surface area is 268 Å². The Balaban J connectivity index is 0.961. The van der Waals surface area contributed by atoms with Crippen molar-refractivity contribution < 1.29 is 57.1 Å². The molecule has 8 rings (SSSR count). The molecule has 0 N–H and O–H groups in total. The molecule has 0 aromatic carbocycles. The van der Waals surface area contributed by atoms with Crippen LogP contribution in [0.2, 0.25) is 0 Å². The zero-order chi connectivity index (χ0) is 31.4. The highest BCUT2D eigenvalue weighted by molar-refractivity contribution is 6.07. The van der Waals surface area contributed by atoms with E-state index in [-0.39, 0.29) is 74.5 Å². The number of ether oxygens (including phenoxy) is 8. The smallest absolute Gasteiger partial charge is 0.321 e. The number of carbonyl (C=O) groups excluding carboxylic acids is 4. The van der Waals surface area contributed by atoms with Crippen molar-refractivity contribution in [3.05, 3.63) is 0 Å². The molecular weight excluding hydrogens is 600 g/mol. The maximum absolute atomic E-state index is 13.8. The molecule has 0 radical (unpaired) electrons. The second kappa shape index (κ2) is 13.0. The van der Waals surface area contributed by atoms with Crippen molar-refractivity contribution >= 4 is 23.9 Å². The Hall–Kier alpha value is -2.28. The van der Waals surface area contributed by atoms with E-state index in [1.165, 1.54) is 0 Å². The van der Waals surface area contributed by atoms with Gasteiger partial charge in [-0.3, -0.25) is 19.2 Å². The van der Waals surface area contributed by atoms with Gasteiger partial charge in [0.05, 0.1) is 75.3 Å². The molecule has 8 aliphatic rings. The molecule has 4 saturated heterocycles. The number of esters is 4. The normalized spacial score (nSPS) is 42.3. The topological polar surface area (TPSA) is 155 Å². The molecule has 4 aliphatic heterocycles. The molecule has 0 bridgehead atoms. The Morgan fingerprint density at radius 3 is 0.848 bits per heavy atom. The van der Waals surface area contributed by atoms with Gasteiger partial charge in [-0.05, 0) is 101 Å². The summed E-state index contributed by atoms with van der Waals surface area (Å²) in [5.74, 6) is -7.19. The van der Waals surface area contributed by atoms with Gasteiger partial charge in [-0.2, -0.15) is 0 Å². The van der Waals surface area contributed by atoms with Crippen LogP contribution in [0.1, 0.15) is 77.0 Å². The van der Waals surface area contributed by atoms with Gasteiger partial charge in [0, 0.05) is 0 Å². The Morgan fingerprint density at radius 2 is 0.630 bits per heavy atom. The van der Waals surface area contributed by atoms with Crippen LogP contribution in [0.15, 0.2) is 0 Å². The zero-order valence-corrected chi connectivity index (χ0v) is 26.3. The van der Waals surface area contributed by atoms with E-state index in [4.69, 9.17) is 37.9 Å². The van der Waals surface area contributed by atoms with Crippen LogP contribution in [-0.2, 0) is 57.1 Å². The van der Waals surface area contributed by atoms with Crippen molar-refractivity contribution in [2.45, 2.75) is 126 Å². The number of epoxide rings is 4. The van der Waals surface area contributed by atoms with Crippen molar-refractivity contribution in [1.29, 1.82) is 0 Å². The van der Waals surface area contributed by atoms with Crippen molar-refractivity contribution in [2.75, 3.05) is 26.4 Å². The Kier molecular flexibility index (Phi) is 8.74. The fraction of sp³-hybridized carbons (Fsp3) is 0.882. The molecule has 12 atom stereocenters. The maximum Gasteiger partial charge on any atom is 0.321 e. The van der Waals surface area contributed by atoms with Gasteiger partial charge in [0.15, 0.2) is 11.8 Å².